The van der Waals surface area contributed by atoms with Crippen LogP contribution < -0.4 is 0 Å². The van der Waals surface area contributed by atoms with E-state index in [9.17, 15) is 43.2 Å². The highest BCUT2D eigenvalue weighted by Gasteiger charge is 2.31. The molecule has 0 aromatic rings. The molecule has 0 aliphatic carbocycles. The molecule has 648 valence electrons. The van der Waals surface area contributed by atoms with E-state index in [2.05, 4.69) is 55.4 Å². The van der Waals surface area contributed by atoms with E-state index in [4.69, 9.17) is 37.0 Å². The number of esters is 4. The molecule has 0 aliphatic rings. The van der Waals surface area contributed by atoms with E-state index in [-0.39, 0.29) is 25.7 Å². The molecule has 0 heterocycles. The number of hydrogen-bond donors (Lipinski definition) is 3. The number of carbonyl (C=O) groups excluding carboxylic acids is 4. The zero-order chi connectivity index (χ0) is 80.2. The van der Waals surface area contributed by atoms with E-state index in [1.807, 2.05) is 0 Å². The molecule has 0 aromatic carbocycles. The van der Waals surface area contributed by atoms with Gasteiger partial charge in [0, 0.05) is 25.7 Å². The summed E-state index contributed by atoms with van der Waals surface area (Å²) in [4.78, 5) is 73.3. The third-order valence-corrected chi connectivity index (χ3v) is 23.0. The van der Waals surface area contributed by atoms with Gasteiger partial charge in [-0.05, 0) is 49.4 Å². The predicted molar refractivity (Wildman–Crippen MR) is 451 cm³/mol. The molecule has 0 amide bonds. The smallest absolute Gasteiger partial charge is 0.462 e. The summed E-state index contributed by atoms with van der Waals surface area (Å²) in [7, 11) is -9.94. The molecular weight excluding hydrogens is 1410 g/mol. The number of rotatable bonds is 87. The molecule has 0 bridgehead atoms. The first kappa shape index (κ1) is 107. The van der Waals surface area contributed by atoms with Crippen molar-refractivity contribution < 1.29 is 80.2 Å². The van der Waals surface area contributed by atoms with Gasteiger partial charge in [0.25, 0.3) is 0 Å². The highest BCUT2D eigenvalue weighted by molar-refractivity contribution is 7.47. The van der Waals surface area contributed by atoms with E-state index in [0.29, 0.717) is 31.6 Å². The van der Waals surface area contributed by atoms with Crippen molar-refractivity contribution in [1.82, 2.24) is 0 Å². The topological polar surface area (TPSA) is 237 Å². The lowest BCUT2D eigenvalue weighted by Gasteiger charge is -2.21. The molecule has 3 unspecified atom stereocenters. The molecule has 0 saturated carbocycles. The second-order valence-corrected chi connectivity index (χ2v) is 37.2. The number of ether oxygens (including phenoxy) is 4. The van der Waals surface area contributed by atoms with Crippen molar-refractivity contribution in [3.05, 3.63) is 0 Å². The molecule has 0 aliphatic heterocycles. The minimum absolute atomic E-state index is 0.107. The molecule has 17 nitrogen and oxygen atoms in total. The minimum Gasteiger partial charge on any atom is -0.462 e. The van der Waals surface area contributed by atoms with Crippen LogP contribution in [0.3, 0.4) is 0 Å². The first-order valence-corrected chi connectivity index (χ1v) is 49.2. The summed E-state index contributed by atoms with van der Waals surface area (Å²) in [6, 6.07) is 0. The van der Waals surface area contributed by atoms with Crippen molar-refractivity contribution >= 4 is 39.5 Å². The summed E-state index contributed by atoms with van der Waals surface area (Å²) >= 11 is 0. The van der Waals surface area contributed by atoms with Gasteiger partial charge in [0.2, 0.25) is 0 Å². The number of aliphatic hydroxyl groups is 1. The third-order valence-electron chi connectivity index (χ3n) is 21.1. The fourth-order valence-electron chi connectivity index (χ4n) is 14.0. The SMILES string of the molecule is CC(C)CCCCCCCCCCCCCCCCCCCCC(=O)O[C@H](COC(=O)CCCCCCCCCCCCCCCCCCC(C)C)COP(=O)(O)OCC(O)COP(=O)(O)OC[C@@H](COC(=O)CCCCCCCCCC(C)C)OC(=O)CCCCCCCCCCCCCCCCCCC(C)C. The van der Waals surface area contributed by atoms with Crippen LogP contribution >= 0.6 is 15.6 Å². The van der Waals surface area contributed by atoms with Crippen molar-refractivity contribution in [3.8, 4) is 0 Å². The molecule has 0 saturated heterocycles. The van der Waals surface area contributed by atoms with Gasteiger partial charge in [-0.15, -0.1) is 0 Å². The number of phosphoric acid groups is 2. The second kappa shape index (κ2) is 78.6. The molecule has 0 rings (SSSR count). The number of unbranched alkanes of at least 4 members (excludes halogenated alkanes) is 53. The number of hydrogen-bond acceptors (Lipinski definition) is 15. The zero-order valence-corrected chi connectivity index (χ0v) is 74.0. The average molecular weight is 1590 g/mol. The van der Waals surface area contributed by atoms with Crippen LogP contribution in [0.15, 0.2) is 0 Å². The van der Waals surface area contributed by atoms with Gasteiger partial charge in [-0.3, -0.25) is 37.3 Å². The van der Waals surface area contributed by atoms with Crippen LogP contribution in [0.25, 0.3) is 0 Å². The standard InChI is InChI=1S/C90H176O17P2/c1-80(2)66-58-50-42-35-29-23-17-11-9-10-12-21-27-33-39-47-56-64-72-89(94)106-85(76-100-87(92)70-62-54-46-38-32-26-20-15-13-18-24-30-36-43-51-59-67-81(3)4)78-104-108(96,97)102-74-84(91)75-103-109(98,99)105-79-86(77-101-88(93)71-63-55-49-41-45-53-61-69-83(7)8)107-90(95)73-65-57-48-40-34-28-22-16-14-19-25-31-37-44-52-60-68-82(5)6/h80-86,91H,9-79H2,1-8H3,(H,96,97)(H,98,99)/t84?,85-,86-/m1/s1. The minimum atomic E-state index is -4.97. The Morgan fingerprint density at radius 2 is 0.385 bits per heavy atom. The summed E-state index contributed by atoms with van der Waals surface area (Å²) in [6.07, 6.45) is 69.6. The first-order valence-electron chi connectivity index (χ1n) is 46.2. The quantitative estimate of drug-likeness (QED) is 0.0222. The van der Waals surface area contributed by atoms with Gasteiger partial charge in [-0.25, -0.2) is 9.13 Å². The van der Waals surface area contributed by atoms with Gasteiger partial charge in [0.05, 0.1) is 26.4 Å². The van der Waals surface area contributed by atoms with Crippen molar-refractivity contribution in [2.24, 2.45) is 23.7 Å². The van der Waals surface area contributed by atoms with Crippen LogP contribution in [0, 0.1) is 23.7 Å². The Morgan fingerprint density at radius 1 is 0.229 bits per heavy atom. The highest BCUT2D eigenvalue weighted by Crippen LogP contribution is 2.45. The fraction of sp³-hybridized carbons (Fsp3) is 0.956. The van der Waals surface area contributed by atoms with E-state index in [0.717, 1.165) is 114 Å². The van der Waals surface area contributed by atoms with Gasteiger partial charge in [-0.2, -0.15) is 0 Å². The van der Waals surface area contributed by atoms with Crippen LogP contribution in [-0.4, -0.2) is 96.7 Å². The Bertz CT molecular complexity index is 2110. The van der Waals surface area contributed by atoms with Gasteiger partial charge in [0.1, 0.15) is 19.3 Å². The molecule has 19 heteroatoms. The number of carbonyl (C=O) groups is 4. The van der Waals surface area contributed by atoms with Crippen molar-refractivity contribution in [3.63, 3.8) is 0 Å². The van der Waals surface area contributed by atoms with E-state index < -0.39 is 97.5 Å². The Labute approximate surface area is 670 Å². The Kier molecular flexibility index (Phi) is 77.2. The highest BCUT2D eigenvalue weighted by atomic mass is 31.2. The molecule has 109 heavy (non-hydrogen) atoms. The van der Waals surface area contributed by atoms with Crippen molar-refractivity contribution in [2.75, 3.05) is 39.6 Å². The second-order valence-electron chi connectivity index (χ2n) is 34.2. The third kappa shape index (κ3) is 83.8. The first-order chi connectivity index (χ1) is 52.6. The largest absolute Gasteiger partial charge is 0.472 e. The molecule has 3 N–H and O–H groups in total. The van der Waals surface area contributed by atoms with Crippen LogP contribution in [0.5, 0.6) is 0 Å². The fourth-order valence-corrected chi connectivity index (χ4v) is 15.6. The molecule has 0 radical (unpaired) electrons. The lowest BCUT2D eigenvalue weighted by molar-refractivity contribution is -0.161. The monoisotopic (exact) mass is 1590 g/mol. The van der Waals surface area contributed by atoms with Crippen LogP contribution in [-0.2, 0) is 65.4 Å². The van der Waals surface area contributed by atoms with Gasteiger partial charge >= 0.3 is 39.5 Å². The number of phosphoric ester groups is 2. The van der Waals surface area contributed by atoms with E-state index in [1.165, 1.54) is 270 Å². The maximum Gasteiger partial charge on any atom is 0.472 e. The Balaban J connectivity index is 5.22. The summed E-state index contributed by atoms with van der Waals surface area (Å²) < 4.78 is 69.0. The predicted octanol–water partition coefficient (Wildman–Crippen LogP) is 27.5. The maximum atomic E-state index is 13.2. The van der Waals surface area contributed by atoms with Gasteiger partial charge < -0.3 is 33.8 Å². The maximum absolute atomic E-state index is 13.2. The zero-order valence-electron chi connectivity index (χ0n) is 72.2. The summed E-state index contributed by atoms with van der Waals surface area (Å²) in [5.74, 6) is 1.04. The molecule has 0 spiro atoms. The van der Waals surface area contributed by atoms with E-state index in [1.54, 1.807) is 0 Å². The van der Waals surface area contributed by atoms with Crippen LogP contribution in [0.4, 0.5) is 0 Å². The molecule has 5 atom stereocenters. The lowest BCUT2D eigenvalue weighted by Crippen LogP contribution is -2.30. The number of aliphatic hydroxyl groups excluding tert-OH is 1. The Hall–Kier alpha value is -1.94. The van der Waals surface area contributed by atoms with Crippen molar-refractivity contribution in [2.45, 2.75) is 491 Å². The van der Waals surface area contributed by atoms with Crippen LogP contribution in [0.1, 0.15) is 473 Å². The molecule has 0 fully saturated rings. The molecule has 0 aromatic heterocycles. The molecular formula is C90H176O17P2. The Morgan fingerprint density at radius 3 is 0.569 bits per heavy atom. The summed E-state index contributed by atoms with van der Waals surface area (Å²) in [5.41, 5.74) is 0. The lowest BCUT2D eigenvalue weighted by atomic mass is 10.0. The van der Waals surface area contributed by atoms with E-state index >= 15 is 0 Å². The summed E-state index contributed by atoms with van der Waals surface area (Å²) in [5, 5.41) is 10.7. The van der Waals surface area contributed by atoms with Gasteiger partial charge in [-0.1, -0.05) is 421 Å². The van der Waals surface area contributed by atoms with Gasteiger partial charge in [0.15, 0.2) is 12.2 Å². The average Bonchev–Trinajstić information content (AvgIpc) is 0.896. The summed E-state index contributed by atoms with van der Waals surface area (Å²) in [6.45, 7) is 14.4. The van der Waals surface area contributed by atoms with Crippen molar-refractivity contribution in [1.29, 1.82) is 0 Å². The van der Waals surface area contributed by atoms with Crippen LogP contribution in [0.2, 0.25) is 0 Å². The normalized spacial score (nSPS) is 13.9.